The van der Waals surface area contributed by atoms with Crippen LogP contribution in [-0.4, -0.2) is 47.1 Å². The number of aromatic nitrogens is 2. The van der Waals surface area contributed by atoms with Gasteiger partial charge in [0.25, 0.3) is 5.91 Å². The fourth-order valence-electron chi connectivity index (χ4n) is 2.60. The summed E-state index contributed by atoms with van der Waals surface area (Å²) in [4.78, 5) is 21.3. The van der Waals surface area contributed by atoms with Crippen LogP contribution in [0.1, 0.15) is 34.6 Å². The van der Waals surface area contributed by atoms with E-state index in [2.05, 4.69) is 22.2 Å². The molecule has 23 heavy (non-hydrogen) atoms. The Labute approximate surface area is 135 Å². The smallest absolute Gasteiger partial charge is 0.254 e. The van der Waals surface area contributed by atoms with Crippen molar-refractivity contribution < 1.29 is 9.53 Å². The van der Waals surface area contributed by atoms with Gasteiger partial charge in [0, 0.05) is 37.4 Å². The Bertz CT molecular complexity index is 619. The SMILES string of the molecule is CC(NCc1ccc(C(=O)N2CCOCC2)cc1)c1cnc[nH]1. The minimum absolute atomic E-state index is 0.0821. The summed E-state index contributed by atoms with van der Waals surface area (Å²) in [5.41, 5.74) is 2.94. The molecular formula is C17H22N4O2. The highest BCUT2D eigenvalue weighted by molar-refractivity contribution is 5.94. The molecule has 2 aromatic rings. The number of rotatable bonds is 5. The van der Waals surface area contributed by atoms with E-state index in [0.717, 1.165) is 23.4 Å². The summed E-state index contributed by atoms with van der Waals surface area (Å²) in [7, 11) is 0. The van der Waals surface area contributed by atoms with Gasteiger partial charge in [-0.1, -0.05) is 12.1 Å². The maximum Gasteiger partial charge on any atom is 0.254 e. The number of carbonyl (C=O) groups is 1. The van der Waals surface area contributed by atoms with E-state index >= 15 is 0 Å². The monoisotopic (exact) mass is 314 g/mol. The Morgan fingerprint density at radius 2 is 2.09 bits per heavy atom. The molecule has 2 N–H and O–H groups in total. The summed E-state index contributed by atoms with van der Waals surface area (Å²) in [6.07, 6.45) is 3.50. The molecule has 1 aromatic heterocycles. The molecule has 1 atom stereocenters. The number of amides is 1. The number of nitrogens with zero attached hydrogens (tertiary/aromatic N) is 2. The standard InChI is InChI=1S/C17H22N4O2/c1-13(16-11-18-12-20-16)19-10-14-2-4-15(5-3-14)17(22)21-6-8-23-9-7-21/h2-5,11-13,19H,6-10H2,1H3,(H,18,20). The molecule has 1 aliphatic heterocycles. The molecule has 6 heteroatoms. The van der Waals surface area contributed by atoms with Gasteiger partial charge in [-0.3, -0.25) is 4.79 Å². The van der Waals surface area contributed by atoms with Crippen molar-refractivity contribution in [2.24, 2.45) is 0 Å². The highest BCUT2D eigenvalue weighted by Crippen LogP contribution is 2.12. The first kappa shape index (κ1) is 15.7. The van der Waals surface area contributed by atoms with Gasteiger partial charge < -0.3 is 19.9 Å². The van der Waals surface area contributed by atoms with Gasteiger partial charge in [-0.05, 0) is 24.6 Å². The van der Waals surface area contributed by atoms with E-state index in [1.165, 1.54) is 0 Å². The zero-order valence-electron chi connectivity index (χ0n) is 13.3. The Hall–Kier alpha value is -2.18. The molecule has 0 spiro atoms. The number of imidazole rings is 1. The van der Waals surface area contributed by atoms with Gasteiger partial charge in [-0.2, -0.15) is 0 Å². The van der Waals surface area contributed by atoms with Crippen LogP contribution in [0.4, 0.5) is 0 Å². The number of benzene rings is 1. The third kappa shape index (κ3) is 3.97. The average Bonchev–Trinajstić information content (AvgIpc) is 3.15. The second-order valence-corrected chi connectivity index (χ2v) is 5.71. The maximum atomic E-state index is 12.4. The van der Waals surface area contributed by atoms with Gasteiger partial charge >= 0.3 is 0 Å². The lowest BCUT2D eigenvalue weighted by Crippen LogP contribution is -2.40. The minimum atomic E-state index is 0.0821. The molecule has 0 bridgehead atoms. The van der Waals surface area contributed by atoms with E-state index in [1.807, 2.05) is 35.4 Å². The van der Waals surface area contributed by atoms with Gasteiger partial charge in [-0.15, -0.1) is 0 Å². The van der Waals surface area contributed by atoms with Crippen LogP contribution >= 0.6 is 0 Å². The van der Waals surface area contributed by atoms with Crippen molar-refractivity contribution in [3.05, 3.63) is 53.6 Å². The molecule has 122 valence electrons. The van der Waals surface area contributed by atoms with Crippen molar-refractivity contribution in [3.63, 3.8) is 0 Å². The number of ether oxygens (including phenoxy) is 1. The van der Waals surface area contributed by atoms with Gasteiger partial charge in [0.15, 0.2) is 0 Å². The summed E-state index contributed by atoms with van der Waals surface area (Å²) >= 11 is 0. The zero-order valence-corrected chi connectivity index (χ0v) is 13.3. The lowest BCUT2D eigenvalue weighted by molar-refractivity contribution is 0.0303. The van der Waals surface area contributed by atoms with Crippen LogP contribution < -0.4 is 5.32 Å². The van der Waals surface area contributed by atoms with Crippen LogP contribution in [0.3, 0.4) is 0 Å². The van der Waals surface area contributed by atoms with Gasteiger partial charge in [-0.25, -0.2) is 4.98 Å². The molecule has 1 fully saturated rings. The minimum Gasteiger partial charge on any atom is -0.378 e. The van der Waals surface area contributed by atoms with Crippen LogP contribution in [0.15, 0.2) is 36.8 Å². The molecule has 1 amide bonds. The zero-order chi connectivity index (χ0) is 16.1. The number of aromatic amines is 1. The first-order valence-corrected chi connectivity index (χ1v) is 7.91. The van der Waals surface area contributed by atoms with Crippen LogP contribution in [-0.2, 0) is 11.3 Å². The van der Waals surface area contributed by atoms with Crippen molar-refractivity contribution in [3.8, 4) is 0 Å². The molecule has 3 rings (SSSR count). The van der Waals surface area contributed by atoms with E-state index in [-0.39, 0.29) is 11.9 Å². The summed E-state index contributed by atoms with van der Waals surface area (Å²) in [6, 6.07) is 8.00. The number of morpholine rings is 1. The molecule has 1 aliphatic rings. The van der Waals surface area contributed by atoms with Crippen LogP contribution in [0.25, 0.3) is 0 Å². The molecule has 0 saturated carbocycles. The average molecular weight is 314 g/mol. The fraction of sp³-hybridized carbons (Fsp3) is 0.412. The van der Waals surface area contributed by atoms with Crippen molar-refractivity contribution in [2.45, 2.75) is 19.5 Å². The summed E-state index contributed by atoms with van der Waals surface area (Å²) in [5, 5.41) is 3.43. The maximum absolute atomic E-state index is 12.4. The topological polar surface area (TPSA) is 70.2 Å². The third-order valence-corrected chi connectivity index (χ3v) is 4.10. The van der Waals surface area contributed by atoms with Gasteiger partial charge in [0.2, 0.25) is 0 Å². The first-order chi connectivity index (χ1) is 11.2. The lowest BCUT2D eigenvalue weighted by Gasteiger charge is -2.26. The highest BCUT2D eigenvalue weighted by atomic mass is 16.5. The lowest BCUT2D eigenvalue weighted by atomic mass is 10.1. The Morgan fingerprint density at radius 1 is 1.35 bits per heavy atom. The van der Waals surface area contributed by atoms with Crippen LogP contribution in [0.5, 0.6) is 0 Å². The largest absolute Gasteiger partial charge is 0.378 e. The summed E-state index contributed by atoms with van der Waals surface area (Å²) in [6.45, 7) is 5.42. The molecule has 1 unspecified atom stereocenters. The molecular weight excluding hydrogens is 292 g/mol. The van der Waals surface area contributed by atoms with E-state index < -0.39 is 0 Å². The van der Waals surface area contributed by atoms with Crippen molar-refractivity contribution in [2.75, 3.05) is 26.3 Å². The normalized spacial score (nSPS) is 16.3. The number of carbonyl (C=O) groups excluding carboxylic acids is 1. The van der Waals surface area contributed by atoms with Crippen LogP contribution in [0.2, 0.25) is 0 Å². The predicted molar refractivity (Wildman–Crippen MR) is 87.0 cm³/mol. The van der Waals surface area contributed by atoms with Crippen molar-refractivity contribution in [1.29, 1.82) is 0 Å². The van der Waals surface area contributed by atoms with Crippen molar-refractivity contribution >= 4 is 5.91 Å². The van der Waals surface area contributed by atoms with E-state index in [0.29, 0.717) is 26.3 Å². The first-order valence-electron chi connectivity index (χ1n) is 7.91. The third-order valence-electron chi connectivity index (χ3n) is 4.10. The van der Waals surface area contributed by atoms with E-state index in [4.69, 9.17) is 4.74 Å². The van der Waals surface area contributed by atoms with E-state index in [9.17, 15) is 4.79 Å². The summed E-state index contributed by atoms with van der Waals surface area (Å²) < 4.78 is 5.28. The van der Waals surface area contributed by atoms with Gasteiger partial charge in [0.1, 0.15) is 0 Å². The molecule has 6 nitrogen and oxygen atoms in total. The number of hydrogen-bond donors (Lipinski definition) is 2. The van der Waals surface area contributed by atoms with Crippen molar-refractivity contribution in [1.82, 2.24) is 20.2 Å². The number of H-pyrrole nitrogens is 1. The molecule has 0 radical (unpaired) electrons. The van der Waals surface area contributed by atoms with Crippen LogP contribution in [0, 0.1) is 0 Å². The molecule has 1 saturated heterocycles. The molecule has 2 heterocycles. The Balaban J connectivity index is 1.55. The molecule has 0 aliphatic carbocycles. The fourth-order valence-corrected chi connectivity index (χ4v) is 2.60. The Kier molecular flexibility index (Phi) is 5.05. The highest BCUT2D eigenvalue weighted by Gasteiger charge is 2.18. The second kappa shape index (κ2) is 7.39. The number of nitrogens with one attached hydrogen (secondary N) is 2. The Morgan fingerprint density at radius 3 is 2.74 bits per heavy atom. The van der Waals surface area contributed by atoms with E-state index in [1.54, 1.807) is 6.33 Å². The number of hydrogen-bond acceptors (Lipinski definition) is 4. The quantitative estimate of drug-likeness (QED) is 0.882. The molecule has 1 aromatic carbocycles. The van der Waals surface area contributed by atoms with Gasteiger partial charge in [0.05, 0.1) is 25.2 Å². The summed E-state index contributed by atoms with van der Waals surface area (Å²) in [5.74, 6) is 0.0821. The predicted octanol–water partition coefficient (Wildman–Crippen LogP) is 1.73. The second-order valence-electron chi connectivity index (χ2n) is 5.71.